The molecule has 2 fully saturated rings. The van der Waals surface area contributed by atoms with Crippen molar-refractivity contribution in [3.63, 3.8) is 0 Å². The Kier molecular flexibility index (Phi) is 9.20. The number of hydrogen-bond donors (Lipinski definition) is 1. The summed E-state index contributed by atoms with van der Waals surface area (Å²) in [6, 6.07) is 3.93. The van der Waals surface area contributed by atoms with Gasteiger partial charge in [0.2, 0.25) is 5.91 Å². The molecule has 1 unspecified atom stereocenters. The molecule has 174 valence electrons. The van der Waals surface area contributed by atoms with Crippen LogP contribution in [-0.4, -0.2) is 79.2 Å². The lowest BCUT2D eigenvalue weighted by molar-refractivity contribution is -0.192. The molecular weight excluding hydrogens is 421 g/mol. The van der Waals surface area contributed by atoms with Crippen molar-refractivity contribution in [2.45, 2.75) is 38.1 Å². The minimum absolute atomic E-state index is 0.0858. The summed E-state index contributed by atoms with van der Waals surface area (Å²) in [5, 5.41) is 7.12. The van der Waals surface area contributed by atoms with Crippen molar-refractivity contribution in [3.8, 4) is 0 Å². The SMILES string of the molecule is COCC(=O)N1CCC2(CC1)COC(COCc1cccnc1)C2.O=C(O)C(F)(F)F. The zero-order valence-corrected chi connectivity index (χ0v) is 17.3. The van der Waals surface area contributed by atoms with Crippen LogP contribution >= 0.6 is 0 Å². The van der Waals surface area contributed by atoms with Crippen LogP contribution < -0.4 is 0 Å². The topological polar surface area (TPSA) is 98.2 Å². The molecule has 11 heteroatoms. The Morgan fingerprint density at radius 3 is 2.58 bits per heavy atom. The van der Waals surface area contributed by atoms with Gasteiger partial charge < -0.3 is 24.2 Å². The van der Waals surface area contributed by atoms with Gasteiger partial charge in [-0.25, -0.2) is 4.79 Å². The van der Waals surface area contributed by atoms with Gasteiger partial charge in [-0.15, -0.1) is 0 Å². The lowest BCUT2D eigenvalue weighted by atomic mass is 9.76. The highest BCUT2D eigenvalue weighted by Gasteiger charge is 2.43. The van der Waals surface area contributed by atoms with E-state index < -0.39 is 12.1 Å². The summed E-state index contributed by atoms with van der Waals surface area (Å²) in [5.74, 6) is -2.67. The van der Waals surface area contributed by atoms with Gasteiger partial charge in [-0.3, -0.25) is 9.78 Å². The minimum Gasteiger partial charge on any atom is -0.475 e. The van der Waals surface area contributed by atoms with Crippen LogP contribution in [0.5, 0.6) is 0 Å². The predicted molar refractivity (Wildman–Crippen MR) is 102 cm³/mol. The van der Waals surface area contributed by atoms with Gasteiger partial charge in [0.05, 0.1) is 25.9 Å². The molecule has 1 N–H and O–H groups in total. The number of carboxylic acid groups (broad SMARTS) is 1. The second kappa shape index (κ2) is 11.4. The number of pyridine rings is 1. The molecule has 1 aromatic rings. The van der Waals surface area contributed by atoms with Gasteiger partial charge in [0.1, 0.15) is 6.61 Å². The summed E-state index contributed by atoms with van der Waals surface area (Å²) in [4.78, 5) is 26.8. The van der Waals surface area contributed by atoms with Crippen molar-refractivity contribution in [2.24, 2.45) is 5.41 Å². The van der Waals surface area contributed by atoms with E-state index >= 15 is 0 Å². The van der Waals surface area contributed by atoms with Crippen molar-refractivity contribution in [1.29, 1.82) is 0 Å². The molecule has 0 aromatic carbocycles. The number of aliphatic carboxylic acids is 1. The van der Waals surface area contributed by atoms with E-state index in [1.54, 1.807) is 13.3 Å². The number of hydrogen-bond acceptors (Lipinski definition) is 6. The van der Waals surface area contributed by atoms with Crippen molar-refractivity contribution >= 4 is 11.9 Å². The summed E-state index contributed by atoms with van der Waals surface area (Å²) < 4.78 is 48.4. The number of rotatable bonds is 6. The summed E-state index contributed by atoms with van der Waals surface area (Å²) in [6.45, 7) is 3.74. The molecule has 0 aliphatic carbocycles. The van der Waals surface area contributed by atoms with E-state index in [2.05, 4.69) is 4.98 Å². The fraction of sp³-hybridized carbons (Fsp3) is 0.650. The quantitative estimate of drug-likeness (QED) is 0.713. The molecule has 1 aromatic heterocycles. The smallest absolute Gasteiger partial charge is 0.475 e. The monoisotopic (exact) mass is 448 g/mol. The number of alkyl halides is 3. The minimum atomic E-state index is -5.08. The van der Waals surface area contributed by atoms with Crippen molar-refractivity contribution in [3.05, 3.63) is 30.1 Å². The number of aromatic nitrogens is 1. The molecule has 31 heavy (non-hydrogen) atoms. The molecule has 1 atom stereocenters. The molecule has 2 aliphatic rings. The highest BCUT2D eigenvalue weighted by Crippen LogP contribution is 2.42. The largest absolute Gasteiger partial charge is 0.490 e. The van der Waals surface area contributed by atoms with Crippen molar-refractivity contribution in [1.82, 2.24) is 9.88 Å². The lowest BCUT2D eigenvalue weighted by Gasteiger charge is -2.38. The zero-order valence-electron chi connectivity index (χ0n) is 17.3. The van der Waals surface area contributed by atoms with Crippen LogP contribution in [0.4, 0.5) is 13.2 Å². The Hall–Kier alpha value is -2.24. The molecule has 3 rings (SSSR count). The van der Waals surface area contributed by atoms with Gasteiger partial charge in [0.15, 0.2) is 0 Å². The van der Waals surface area contributed by atoms with Crippen molar-refractivity contribution < 1.29 is 42.1 Å². The van der Waals surface area contributed by atoms with Gasteiger partial charge in [-0.05, 0) is 36.3 Å². The first kappa shape index (κ1) is 25.0. The lowest BCUT2D eigenvalue weighted by Crippen LogP contribution is -2.44. The molecule has 3 heterocycles. The standard InChI is InChI=1S/C18H26N2O4.C2HF3O2/c1-22-13-17(21)20-7-4-18(5-8-20)9-16(24-14-18)12-23-11-15-3-2-6-19-10-15;3-2(4,5)1(6)7/h2-3,6,10,16H,4-5,7-9,11-14H2,1H3;(H,6,7). The fourth-order valence-electron chi connectivity index (χ4n) is 3.59. The first-order valence-electron chi connectivity index (χ1n) is 9.80. The van der Waals surface area contributed by atoms with E-state index in [0.29, 0.717) is 13.2 Å². The first-order chi connectivity index (χ1) is 14.6. The maximum Gasteiger partial charge on any atom is 0.490 e. The zero-order chi connectivity index (χ0) is 22.9. The number of methoxy groups -OCH3 is 1. The van der Waals surface area contributed by atoms with Crippen LogP contribution in [0.25, 0.3) is 0 Å². The molecule has 1 amide bonds. The Bertz CT molecular complexity index is 709. The second-order valence-corrected chi connectivity index (χ2v) is 7.63. The van der Waals surface area contributed by atoms with Crippen LogP contribution in [0.15, 0.2) is 24.5 Å². The molecule has 2 saturated heterocycles. The Labute approximate surface area is 178 Å². The summed E-state index contributed by atoms with van der Waals surface area (Å²) >= 11 is 0. The molecule has 2 aliphatic heterocycles. The number of halogens is 3. The second-order valence-electron chi connectivity index (χ2n) is 7.63. The fourth-order valence-corrected chi connectivity index (χ4v) is 3.59. The third-order valence-electron chi connectivity index (χ3n) is 5.27. The number of carbonyl (C=O) groups is 2. The number of nitrogens with zero attached hydrogens (tertiary/aromatic N) is 2. The molecule has 1 spiro atoms. The van der Waals surface area contributed by atoms with E-state index in [1.165, 1.54) is 0 Å². The molecule has 0 radical (unpaired) electrons. The van der Waals surface area contributed by atoms with Gasteiger partial charge in [0, 0.05) is 32.6 Å². The normalized spacial score (nSPS) is 20.3. The third-order valence-corrected chi connectivity index (χ3v) is 5.27. The van der Waals surface area contributed by atoms with E-state index in [9.17, 15) is 18.0 Å². The van der Waals surface area contributed by atoms with Crippen LogP contribution in [-0.2, 0) is 30.4 Å². The third kappa shape index (κ3) is 8.08. The molecule has 0 saturated carbocycles. The maximum absolute atomic E-state index is 11.9. The summed E-state index contributed by atoms with van der Waals surface area (Å²) in [6.07, 6.45) is 1.68. The van der Waals surface area contributed by atoms with Crippen LogP contribution in [0.2, 0.25) is 0 Å². The van der Waals surface area contributed by atoms with Gasteiger partial charge in [-0.2, -0.15) is 13.2 Å². The van der Waals surface area contributed by atoms with Crippen LogP contribution in [0.3, 0.4) is 0 Å². The number of carbonyl (C=O) groups excluding carboxylic acids is 1. The number of carboxylic acids is 1. The number of amides is 1. The van der Waals surface area contributed by atoms with Gasteiger partial charge in [-0.1, -0.05) is 6.07 Å². The highest BCUT2D eigenvalue weighted by molar-refractivity contribution is 5.77. The van der Waals surface area contributed by atoms with Gasteiger partial charge in [0.25, 0.3) is 0 Å². The Balaban J connectivity index is 0.000000423. The molecular formula is C20H27F3N2O6. The predicted octanol–water partition coefficient (Wildman–Crippen LogP) is 2.28. The Morgan fingerprint density at radius 1 is 1.35 bits per heavy atom. The van der Waals surface area contributed by atoms with Crippen LogP contribution in [0.1, 0.15) is 24.8 Å². The Morgan fingerprint density at radius 2 is 2.03 bits per heavy atom. The highest BCUT2D eigenvalue weighted by atomic mass is 19.4. The van der Waals surface area contributed by atoms with Crippen LogP contribution in [0, 0.1) is 5.41 Å². The van der Waals surface area contributed by atoms with E-state index in [1.807, 2.05) is 23.2 Å². The maximum atomic E-state index is 11.9. The average Bonchev–Trinajstić information content (AvgIpc) is 3.11. The van der Waals surface area contributed by atoms with Gasteiger partial charge >= 0.3 is 12.1 Å². The van der Waals surface area contributed by atoms with E-state index in [0.717, 1.165) is 44.5 Å². The van der Waals surface area contributed by atoms with Crippen molar-refractivity contribution in [2.75, 3.05) is 40.0 Å². The van der Waals surface area contributed by atoms with E-state index in [-0.39, 0.29) is 24.0 Å². The number of piperidine rings is 1. The molecule has 0 bridgehead atoms. The molecule has 8 nitrogen and oxygen atoms in total. The average molecular weight is 448 g/mol. The summed E-state index contributed by atoms with van der Waals surface area (Å²) in [5.41, 5.74) is 1.29. The first-order valence-corrected chi connectivity index (χ1v) is 9.80. The number of ether oxygens (including phenoxy) is 3. The van der Waals surface area contributed by atoms with E-state index in [4.69, 9.17) is 24.1 Å². The number of likely N-dealkylation sites (tertiary alicyclic amines) is 1. The summed E-state index contributed by atoms with van der Waals surface area (Å²) in [7, 11) is 1.56.